The smallest absolute Gasteiger partial charge is 0.137 e. The molecule has 6 nitrogen and oxygen atoms in total. The van der Waals surface area contributed by atoms with Crippen LogP contribution in [0, 0.1) is 6.92 Å². The number of aromatic nitrogens is 2. The van der Waals surface area contributed by atoms with Crippen molar-refractivity contribution in [3.8, 4) is 17.1 Å². The number of piperazine rings is 1. The van der Waals surface area contributed by atoms with E-state index in [2.05, 4.69) is 57.7 Å². The van der Waals surface area contributed by atoms with Crippen LogP contribution in [0.4, 0.5) is 0 Å². The Hall–Kier alpha value is -2.58. The number of nitrogens with one attached hydrogen (secondary N) is 2. The lowest BCUT2D eigenvalue weighted by molar-refractivity contribution is 0.00374. The fourth-order valence-corrected chi connectivity index (χ4v) is 5.73. The van der Waals surface area contributed by atoms with Crippen LogP contribution in [0.5, 0.6) is 5.75 Å². The molecule has 2 unspecified atom stereocenters. The summed E-state index contributed by atoms with van der Waals surface area (Å²) < 4.78 is 5.32. The van der Waals surface area contributed by atoms with E-state index in [1.165, 1.54) is 11.1 Å². The molecule has 1 fully saturated rings. The number of aliphatic hydroxyl groups excluding tert-OH is 1. The lowest BCUT2D eigenvalue weighted by atomic mass is 9.81. The highest BCUT2D eigenvalue weighted by Crippen LogP contribution is 2.37. The van der Waals surface area contributed by atoms with E-state index in [-0.39, 0.29) is 42.8 Å². The fourth-order valence-electron chi connectivity index (χ4n) is 5.73. The molecule has 0 aliphatic carbocycles. The average Bonchev–Trinajstić information content (AvgIpc) is 3.37. The molecule has 41 heavy (non-hydrogen) atoms. The number of nitrogens with zero attached hydrogens (tertiary/aromatic N) is 2. The molecule has 1 saturated heterocycles. The predicted molar refractivity (Wildman–Crippen MR) is 174 cm³/mol. The van der Waals surface area contributed by atoms with E-state index in [1.54, 1.807) is 7.11 Å². The minimum Gasteiger partial charge on any atom is -0.497 e. The number of aryl methyl sites for hydroxylation is 2. The highest BCUT2D eigenvalue weighted by Gasteiger charge is 2.41. The Bertz CT molecular complexity index is 1310. The van der Waals surface area contributed by atoms with Gasteiger partial charge in [-0.25, -0.2) is 4.98 Å². The number of methoxy groups -OCH3 is 1. The summed E-state index contributed by atoms with van der Waals surface area (Å²) in [6.07, 6.45) is 2.33. The van der Waals surface area contributed by atoms with Crippen LogP contribution in [0.15, 0.2) is 84.9 Å². The van der Waals surface area contributed by atoms with Gasteiger partial charge in [0.25, 0.3) is 0 Å². The lowest BCUT2D eigenvalue weighted by Gasteiger charge is -2.49. The molecule has 0 amide bonds. The van der Waals surface area contributed by atoms with Crippen molar-refractivity contribution in [1.82, 2.24) is 20.2 Å². The molecule has 4 aromatic rings. The summed E-state index contributed by atoms with van der Waals surface area (Å²) in [5.41, 5.74) is 5.05. The van der Waals surface area contributed by atoms with E-state index in [1.807, 2.05) is 49.4 Å². The zero-order valence-corrected chi connectivity index (χ0v) is 26.0. The third-order valence-corrected chi connectivity index (χ3v) is 7.79. The molecule has 1 aliphatic rings. The molecular weight excluding hydrogens is 579 g/mol. The van der Waals surface area contributed by atoms with Crippen molar-refractivity contribution < 1.29 is 9.84 Å². The first-order valence-electron chi connectivity index (χ1n) is 13.5. The quantitative estimate of drug-likeness (QED) is 0.189. The SMILES string of the molecule is COc1ccc(CCCC2(c3ccccc3)CNCCN2CC(O)c2nc(-c3ccccc3)[nH]c2C)cc1.Cl.Cl.Cl. The van der Waals surface area contributed by atoms with Gasteiger partial charge in [-0.15, -0.1) is 37.2 Å². The number of aromatic amines is 1. The molecule has 0 saturated carbocycles. The molecule has 9 heteroatoms. The number of H-pyrrole nitrogens is 1. The number of imidazole rings is 1. The molecule has 0 bridgehead atoms. The molecular formula is C32H41Cl3N4O2. The molecule has 2 atom stereocenters. The molecule has 0 spiro atoms. The molecule has 1 aliphatic heterocycles. The Morgan fingerprint density at radius 2 is 1.61 bits per heavy atom. The highest BCUT2D eigenvalue weighted by molar-refractivity contribution is 5.86. The summed E-state index contributed by atoms with van der Waals surface area (Å²) in [6, 6.07) is 29.2. The molecule has 222 valence electrons. The number of hydrogen-bond donors (Lipinski definition) is 3. The number of rotatable bonds is 10. The Morgan fingerprint density at radius 1 is 0.951 bits per heavy atom. The first-order valence-corrected chi connectivity index (χ1v) is 13.5. The van der Waals surface area contributed by atoms with Crippen molar-refractivity contribution in [2.45, 2.75) is 37.8 Å². The van der Waals surface area contributed by atoms with Crippen LogP contribution >= 0.6 is 37.2 Å². The molecule has 1 aromatic heterocycles. The van der Waals surface area contributed by atoms with Crippen LogP contribution in [-0.4, -0.2) is 53.3 Å². The average molecular weight is 620 g/mol. The Kier molecular flexibility index (Phi) is 13.6. The van der Waals surface area contributed by atoms with Gasteiger partial charge in [-0.3, -0.25) is 4.90 Å². The third kappa shape index (κ3) is 8.04. The summed E-state index contributed by atoms with van der Waals surface area (Å²) in [6.45, 7) is 5.13. The van der Waals surface area contributed by atoms with E-state index in [0.717, 1.165) is 67.4 Å². The maximum Gasteiger partial charge on any atom is 0.137 e. The van der Waals surface area contributed by atoms with Crippen LogP contribution < -0.4 is 10.1 Å². The normalized spacial score (nSPS) is 17.4. The number of benzene rings is 3. The fraction of sp³-hybridized carbons (Fsp3) is 0.344. The van der Waals surface area contributed by atoms with Crippen LogP contribution in [0.1, 0.15) is 41.5 Å². The van der Waals surface area contributed by atoms with Crippen LogP contribution in [0.3, 0.4) is 0 Å². The molecule has 3 N–H and O–H groups in total. The van der Waals surface area contributed by atoms with Crippen molar-refractivity contribution in [3.63, 3.8) is 0 Å². The van der Waals surface area contributed by atoms with Gasteiger partial charge < -0.3 is 20.1 Å². The van der Waals surface area contributed by atoms with Crippen molar-refractivity contribution >= 4 is 37.2 Å². The molecule has 3 aromatic carbocycles. The lowest BCUT2D eigenvalue weighted by Crippen LogP contribution is -2.60. The van der Waals surface area contributed by atoms with Gasteiger partial charge in [0.05, 0.1) is 18.3 Å². The van der Waals surface area contributed by atoms with Crippen molar-refractivity contribution in [1.29, 1.82) is 0 Å². The summed E-state index contributed by atoms with van der Waals surface area (Å²) in [4.78, 5) is 10.7. The third-order valence-electron chi connectivity index (χ3n) is 7.79. The van der Waals surface area contributed by atoms with Gasteiger partial charge in [0.15, 0.2) is 0 Å². The van der Waals surface area contributed by atoms with Gasteiger partial charge in [-0.1, -0.05) is 72.8 Å². The van der Waals surface area contributed by atoms with Crippen LogP contribution in [0.25, 0.3) is 11.4 Å². The monoisotopic (exact) mass is 618 g/mol. The topological polar surface area (TPSA) is 73.4 Å². The van der Waals surface area contributed by atoms with Crippen molar-refractivity contribution in [2.24, 2.45) is 0 Å². The van der Waals surface area contributed by atoms with Gasteiger partial charge in [-0.05, 0) is 49.4 Å². The number of halogens is 3. The van der Waals surface area contributed by atoms with Crippen LogP contribution in [-0.2, 0) is 12.0 Å². The Balaban J connectivity index is 0.00000196. The second-order valence-electron chi connectivity index (χ2n) is 10.2. The Morgan fingerprint density at radius 3 is 2.27 bits per heavy atom. The summed E-state index contributed by atoms with van der Waals surface area (Å²) >= 11 is 0. The van der Waals surface area contributed by atoms with E-state index in [4.69, 9.17) is 9.72 Å². The largest absolute Gasteiger partial charge is 0.497 e. The minimum absolute atomic E-state index is 0. The second-order valence-corrected chi connectivity index (χ2v) is 10.2. The van der Waals surface area contributed by atoms with E-state index < -0.39 is 6.10 Å². The first-order chi connectivity index (χ1) is 18.6. The number of ether oxygens (including phenoxy) is 1. The summed E-state index contributed by atoms with van der Waals surface area (Å²) in [5, 5.41) is 15.1. The van der Waals surface area contributed by atoms with Crippen molar-refractivity contribution in [2.75, 3.05) is 33.3 Å². The second kappa shape index (κ2) is 16.2. The number of hydrogen-bond acceptors (Lipinski definition) is 5. The van der Waals surface area contributed by atoms with Gasteiger partial charge in [0.1, 0.15) is 17.7 Å². The maximum atomic E-state index is 11.5. The van der Waals surface area contributed by atoms with Gasteiger partial charge in [0.2, 0.25) is 0 Å². The minimum atomic E-state index is -0.688. The number of β-amino-alcohol motifs (C(OH)–C–C–N with tert-alkyl or cyclic N) is 1. The predicted octanol–water partition coefficient (Wildman–Crippen LogP) is 6.52. The first kappa shape index (κ1) is 34.6. The van der Waals surface area contributed by atoms with Crippen LogP contribution in [0.2, 0.25) is 0 Å². The number of aliphatic hydroxyl groups is 1. The maximum absolute atomic E-state index is 11.5. The highest BCUT2D eigenvalue weighted by atomic mass is 35.5. The summed E-state index contributed by atoms with van der Waals surface area (Å²) in [5.74, 6) is 1.68. The van der Waals surface area contributed by atoms with Crippen molar-refractivity contribution in [3.05, 3.63) is 107 Å². The molecule has 5 rings (SSSR count). The van der Waals surface area contributed by atoms with E-state index in [9.17, 15) is 5.11 Å². The van der Waals surface area contributed by atoms with E-state index >= 15 is 0 Å². The van der Waals surface area contributed by atoms with E-state index in [0.29, 0.717) is 6.54 Å². The van der Waals surface area contributed by atoms with Gasteiger partial charge >= 0.3 is 0 Å². The standard InChI is InChI=1S/C32H38N4O2.3ClH/c1-24-30(35-31(34-24)26-11-5-3-6-12-26)29(37)22-36-21-20-33-23-32(36,27-13-7-4-8-14-27)19-9-10-25-15-17-28(38-2)18-16-25;;;/h3-8,11-18,29,33,37H,9-10,19-23H2,1-2H3,(H,34,35);3*1H. The zero-order chi connectivity index (χ0) is 26.4. The van der Waals surface area contributed by atoms with Gasteiger partial charge in [-0.2, -0.15) is 0 Å². The Labute approximate surface area is 262 Å². The zero-order valence-electron chi connectivity index (χ0n) is 23.6. The molecule has 2 heterocycles. The summed E-state index contributed by atoms with van der Waals surface area (Å²) in [7, 11) is 1.70. The molecule has 0 radical (unpaired) electrons. The van der Waals surface area contributed by atoms with Gasteiger partial charge in [0, 0.05) is 37.4 Å².